The zero-order valence-electron chi connectivity index (χ0n) is 28.4. The number of nitrogen functional groups attached to an aromatic ring is 1. The number of amides is 1. The lowest BCUT2D eigenvalue weighted by molar-refractivity contribution is -0.144. The fraction of sp³-hybridized carbons (Fsp3) is 0.310. The van der Waals surface area contributed by atoms with Gasteiger partial charge in [-0.1, -0.05) is 11.6 Å². The Balaban J connectivity index is 0.000000311. The minimum Gasteiger partial charge on any atom is -0.368 e. The third-order valence-corrected chi connectivity index (χ3v) is 8.93. The lowest BCUT2D eigenvalue weighted by Gasteiger charge is -2.21. The summed E-state index contributed by atoms with van der Waals surface area (Å²) in [4.78, 5) is 47.7. The van der Waals surface area contributed by atoms with Gasteiger partial charge in [0.25, 0.3) is 11.5 Å². The molecule has 0 bridgehead atoms. The van der Waals surface area contributed by atoms with E-state index >= 15 is 0 Å². The summed E-state index contributed by atoms with van der Waals surface area (Å²) in [5.74, 6) is -10.6. The Morgan fingerprint density at radius 1 is 0.926 bits per heavy atom. The molecule has 4 aromatic rings. The monoisotopic (exact) mass is 819 g/mol. The van der Waals surface area contributed by atoms with Gasteiger partial charge < -0.3 is 11.1 Å². The number of nitrogens with two attached hydrogens (primary N) is 1. The van der Waals surface area contributed by atoms with Gasteiger partial charge in [-0.3, -0.25) is 14.2 Å². The number of anilines is 3. The molecular formula is C29H27ClF9N9O5S. The van der Waals surface area contributed by atoms with E-state index in [4.69, 9.17) is 17.3 Å². The van der Waals surface area contributed by atoms with Gasteiger partial charge in [0.15, 0.2) is 34.8 Å². The van der Waals surface area contributed by atoms with Crippen molar-refractivity contribution in [1.82, 2.24) is 33.1 Å². The van der Waals surface area contributed by atoms with Crippen LogP contribution in [0.25, 0.3) is 5.69 Å². The van der Waals surface area contributed by atoms with Crippen molar-refractivity contribution in [2.24, 2.45) is 7.05 Å². The molecule has 0 atom stereocenters. The van der Waals surface area contributed by atoms with Gasteiger partial charge in [-0.2, -0.15) is 40.8 Å². The van der Waals surface area contributed by atoms with Crippen LogP contribution >= 0.6 is 11.6 Å². The number of hydrogen-bond donors (Lipinski definition) is 3. The Kier molecular flexibility index (Phi) is 12.5. The number of benzene rings is 2. The van der Waals surface area contributed by atoms with Crippen molar-refractivity contribution in [2.75, 3.05) is 18.1 Å². The van der Waals surface area contributed by atoms with Crippen LogP contribution in [0.15, 0.2) is 33.9 Å². The van der Waals surface area contributed by atoms with Gasteiger partial charge in [0.2, 0.25) is 11.9 Å². The molecule has 0 radical (unpaired) electrons. The topological polar surface area (TPSA) is 187 Å². The van der Waals surface area contributed by atoms with Crippen LogP contribution in [0.1, 0.15) is 49.6 Å². The first-order valence-electron chi connectivity index (χ1n) is 14.6. The molecule has 2 heterocycles. The van der Waals surface area contributed by atoms with Crippen LogP contribution in [-0.4, -0.2) is 55.8 Å². The van der Waals surface area contributed by atoms with E-state index in [1.165, 1.54) is 20.9 Å². The molecule has 4 rings (SSSR count). The highest BCUT2D eigenvalue weighted by atomic mass is 35.5. The summed E-state index contributed by atoms with van der Waals surface area (Å²) in [6, 6.07) is 0.709. The van der Waals surface area contributed by atoms with Crippen molar-refractivity contribution in [3.05, 3.63) is 96.3 Å². The van der Waals surface area contributed by atoms with Crippen molar-refractivity contribution in [1.29, 1.82) is 0 Å². The predicted molar refractivity (Wildman–Crippen MR) is 174 cm³/mol. The number of hydrogen-bond acceptors (Lipinski definition) is 10. The molecule has 14 nitrogen and oxygen atoms in total. The van der Waals surface area contributed by atoms with Gasteiger partial charge in [0.05, 0.1) is 16.3 Å². The standard InChI is InChI=1S/C17H17ClF4N4O5S.C12H10F5N5/c1-8(2)25(4)32(30,31)23-15(28)9-5-12(11(19)6-10(9)18)26-14(27)7-13(17(20,21)22)24(3)16(26)29;1-12(2,17)9-20-10(18)22-11(21-9)19-8-6(15)4(13)3-5(14)7(8)16/h5-8H,1-4H3,(H,23,28);3H,1-2H3,(H3,18,19,20,21,22). The smallest absolute Gasteiger partial charge is 0.368 e. The summed E-state index contributed by atoms with van der Waals surface area (Å²) < 4.78 is 148. The maximum Gasteiger partial charge on any atom is 0.431 e. The molecule has 0 aliphatic rings. The van der Waals surface area contributed by atoms with Crippen LogP contribution in [0.4, 0.5) is 57.1 Å². The lowest BCUT2D eigenvalue weighted by Crippen LogP contribution is -2.44. The van der Waals surface area contributed by atoms with Gasteiger partial charge in [0, 0.05) is 32.3 Å². The van der Waals surface area contributed by atoms with E-state index in [0.717, 1.165) is 25.2 Å². The molecule has 294 valence electrons. The average Bonchev–Trinajstić information content (AvgIpc) is 3.03. The molecule has 0 aliphatic carbocycles. The second kappa shape index (κ2) is 15.6. The fourth-order valence-corrected chi connectivity index (χ4v) is 5.31. The Morgan fingerprint density at radius 2 is 1.48 bits per heavy atom. The molecule has 4 N–H and O–H groups in total. The molecule has 0 fully saturated rings. The zero-order chi connectivity index (χ0) is 41.4. The van der Waals surface area contributed by atoms with E-state index < -0.39 is 120 Å². The van der Waals surface area contributed by atoms with E-state index in [1.54, 1.807) is 4.72 Å². The number of nitrogens with one attached hydrogen (secondary N) is 2. The van der Waals surface area contributed by atoms with Gasteiger partial charge >= 0.3 is 22.1 Å². The largest absolute Gasteiger partial charge is 0.431 e. The van der Waals surface area contributed by atoms with Gasteiger partial charge in [-0.05, 0) is 39.8 Å². The molecule has 2 aromatic carbocycles. The second-order valence-corrected chi connectivity index (χ2v) is 13.8. The number of nitrogens with zero attached hydrogens (tertiary/aromatic N) is 6. The first kappa shape index (κ1) is 43.2. The summed E-state index contributed by atoms with van der Waals surface area (Å²) in [5, 5.41) is 1.37. The summed E-state index contributed by atoms with van der Waals surface area (Å²) in [5.41, 5.74) is -4.02. The second-order valence-electron chi connectivity index (χ2n) is 11.7. The molecule has 0 saturated carbocycles. The third kappa shape index (κ3) is 9.46. The summed E-state index contributed by atoms with van der Waals surface area (Å²) in [6.45, 7) is 5.29. The first-order chi connectivity index (χ1) is 24.6. The van der Waals surface area contributed by atoms with E-state index in [9.17, 15) is 62.3 Å². The fourth-order valence-electron chi connectivity index (χ4n) is 4.03. The van der Waals surface area contributed by atoms with Crippen LogP contribution in [0, 0.1) is 29.1 Å². The summed E-state index contributed by atoms with van der Waals surface area (Å²) in [6.07, 6.45) is -5.04. The van der Waals surface area contributed by atoms with Crippen LogP contribution in [0.2, 0.25) is 5.02 Å². The average molecular weight is 820 g/mol. The van der Waals surface area contributed by atoms with Crippen molar-refractivity contribution in [3.8, 4) is 5.69 Å². The van der Waals surface area contributed by atoms with Crippen molar-refractivity contribution in [3.63, 3.8) is 0 Å². The highest BCUT2D eigenvalue weighted by Crippen LogP contribution is 2.29. The van der Waals surface area contributed by atoms with Gasteiger partial charge in [-0.15, -0.1) is 0 Å². The Morgan fingerprint density at radius 3 is 1.98 bits per heavy atom. The number of alkyl halides is 4. The molecule has 2 aromatic heterocycles. The first-order valence-corrected chi connectivity index (χ1v) is 16.4. The lowest BCUT2D eigenvalue weighted by atomic mass is 10.1. The number of carbonyl (C=O) groups excluding carboxylic acids is 1. The normalized spacial score (nSPS) is 12.1. The SMILES string of the molecule is CC(C)(F)c1nc(N)nc(Nc2c(F)c(F)cc(F)c2F)n1.CC(C)N(C)S(=O)(=O)NC(=O)c1cc(-n2c(=O)cc(C(F)(F)F)n(C)c2=O)c(F)cc1Cl. The molecule has 1 amide bonds. The highest BCUT2D eigenvalue weighted by molar-refractivity contribution is 7.87. The zero-order valence-corrected chi connectivity index (χ0v) is 29.9. The van der Waals surface area contributed by atoms with E-state index in [-0.39, 0.29) is 21.3 Å². The maximum absolute atomic E-state index is 14.5. The van der Waals surface area contributed by atoms with Crippen LogP contribution < -0.4 is 27.0 Å². The van der Waals surface area contributed by atoms with Crippen LogP contribution in [-0.2, 0) is 29.1 Å². The van der Waals surface area contributed by atoms with Crippen molar-refractivity contribution >= 4 is 45.3 Å². The van der Waals surface area contributed by atoms with Crippen LogP contribution in [0.3, 0.4) is 0 Å². The molecule has 0 spiro atoms. The van der Waals surface area contributed by atoms with E-state index in [2.05, 4.69) is 15.0 Å². The number of carbonyl (C=O) groups is 1. The minimum atomic E-state index is -5.04. The summed E-state index contributed by atoms with van der Waals surface area (Å²) in [7, 11) is -2.43. The molecule has 54 heavy (non-hydrogen) atoms. The van der Waals surface area contributed by atoms with Crippen LogP contribution in [0.5, 0.6) is 0 Å². The van der Waals surface area contributed by atoms with E-state index in [0.29, 0.717) is 12.1 Å². The molecule has 25 heteroatoms. The number of rotatable bonds is 8. The Labute approximate surface area is 303 Å². The maximum atomic E-state index is 14.5. The predicted octanol–water partition coefficient (Wildman–Crippen LogP) is 4.62. The minimum absolute atomic E-state index is 0.0493. The Hall–Kier alpha value is -5.23. The third-order valence-electron chi connectivity index (χ3n) is 6.99. The number of halogens is 10. The van der Waals surface area contributed by atoms with E-state index in [1.807, 2.05) is 5.32 Å². The van der Waals surface area contributed by atoms with Gasteiger partial charge in [-0.25, -0.2) is 40.4 Å². The summed E-state index contributed by atoms with van der Waals surface area (Å²) >= 11 is 5.82. The van der Waals surface area contributed by atoms with Gasteiger partial charge in [0.1, 0.15) is 17.2 Å². The van der Waals surface area contributed by atoms with Crippen molar-refractivity contribution < 1.29 is 52.7 Å². The molecule has 0 unspecified atom stereocenters. The molecular weight excluding hydrogens is 793 g/mol. The number of aromatic nitrogens is 5. The van der Waals surface area contributed by atoms with Crippen molar-refractivity contribution in [2.45, 2.75) is 45.6 Å². The highest BCUT2D eigenvalue weighted by Gasteiger charge is 2.35. The molecule has 0 saturated heterocycles. The quantitative estimate of drug-likeness (QED) is 0.167. The molecule has 0 aliphatic heterocycles. The Bertz CT molecular complexity index is 2320.